The van der Waals surface area contributed by atoms with Gasteiger partial charge in [-0.1, -0.05) is 0 Å². The number of hydrogen-bond acceptors (Lipinski definition) is 5. The van der Waals surface area contributed by atoms with E-state index < -0.39 is 0 Å². The third kappa shape index (κ3) is 2.87. The van der Waals surface area contributed by atoms with E-state index in [2.05, 4.69) is 27.5 Å². The molecule has 0 fully saturated rings. The van der Waals surface area contributed by atoms with Gasteiger partial charge >= 0.3 is 0 Å². The number of thiazole rings is 1. The summed E-state index contributed by atoms with van der Waals surface area (Å²) < 4.78 is 5.32. The monoisotopic (exact) mass is 251 g/mol. The molecule has 2 rings (SSSR count). The van der Waals surface area contributed by atoms with Gasteiger partial charge in [-0.25, -0.2) is 4.98 Å². The lowest BCUT2D eigenvalue weighted by Crippen LogP contribution is -2.17. The minimum Gasteiger partial charge on any atom is -0.467 e. The number of hydrogen-bond donors (Lipinski definition) is 1. The molecule has 1 atom stereocenters. The Labute approximate surface area is 105 Å². The maximum Gasteiger partial charge on any atom is 0.185 e. The summed E-state index contributed by atoms with van der Waals surface area (Å²) in [4.78, 5) is 6.69. The van der Waals surface area contributed by atoms with Crippen LogP contribution in [-0.4, -0.2) is 19.1 Å². The lowest BCUT2D eigenvalue weighted by Gasteiger charge is -2.13. The van der Waals surface area contributed by atoms with E-state index in [0.717, 1.165) is 23.1 Å². The van der Waals surface area contributed by atoms with Gasteiger partial charge in [0.2, 0.25) is 0 Å². The number of nitrogens with zero attached hydrogens (tertiary/aromatic N) is 2. The van der Waals surface area contributed by atoms with Gasteiger partial charge in [-0.3, -0.25) is 0 Å². The molecule has 2 aromatic heterocycles. The second-order valence-corrected chi connectivity index (χ2v) is 4.84. The van der Waals surface area contributed by atoms with Crippen molar-refractivity contribution in [2.24, 2.45) is 0 Å². The van der Waals surface area contributed by atoms with Crippen LogP contribution >= 0.6 is 11.3 Å². The first kappa shape index (κ1) is 12.1. The Morgan fingerprint density at radius 2 is 2.41 bits per heavy atom. The molecule has 5 heteroatoms. The first-order valence-electron chi connectivity index (χ1n) is 5.57. The highest BCUT2D eigenvalue weighted by Crippen LogP contribution is 2.24. The van der Waals surface area contributed by atoms with Crippen LogP contribution in [0.15, 0.2) is 28.2 Å². The zero-order valence-electron chi connectivity index (χ0n) is 10.3. The molecule has 0 aliphatic rings. The standard InChI is InChI=1S/C12H17N3OS/c1-9(13-2)11-8-17-12(14-11)15(3)7-10-5-4-6-16-10/h4-6,8-9,13H,7H2,1-3H3. The van der Waals surface area contributed by atoms with Crippen LogP contribution in [0.1, 0.15) is 24.4 Å². The molecule has 0 aromatic carbocycles. The summed E-state index contributed by atoms with van der Waals surface area (Å²) in [6.07, 6.45) is 1.69. The summed E-state index contributed by atoms with van der Waals surface area (Å²) in [5.74, 6) is 0.950. The molecule has 0 spiro atoms. The highest BCUT2D eigenvalue weighted by atomic mass is 32.1. The van der Waals surface area contributed by atoms with E-state index in [1.165, 1.54) is 0 Å². The van der Waals surface area contributed by atoms with Crippen molar-refractivity contribution in [2.75, 3.05) is 19.0 Å². The molecule has 4 nitrogen and oxygen atoms in total. The number of aromatic nitrogens is 1. The minimum absolute atomic E-state index is 0.289. The van der Waals surface area contributed by atoms with Crippen molar-refractivity contribution < 1.29 is 4.42 Å². The van der Waals surface area contributed by atoms with Gasteiger partial charge in [0.1, 0.15) is 5.76 Å². The SMILES string of the molecule is CNC(C)c1csc(N(C)Cc2ccco2)n1. The van der Waals surface area contributed by atoms with Crippen LogP contribution in [0.3, 0.4) is 0 Å². The summed E-state index contributed by atoms with van der Waals surface area (Å²) >= 11 is 1.66. The zero-order chi connectivity index (χ0) is 12.3. The molecule has 17 heavy (non-hydrogen) atoms. The van der Waals surface area contributed by atoms with E-state index in [9.17, 15) is 0 Å². The lowest BCUT2D eigenvalue weighted by atomic mass is 10.3. The first-order valence-corrected chi connectivity index (χ1v) is 6.45. The Kier molecular flexibility index (Phi) is 3.81. The summed E-state index contributed by atoms with van der Waals surface area (Å²) in [5, 5.41) is 6.29. The van der Waals surface area contributed by atoms with Crippen LogP contribution in [0.2, 0.25) is 0 Å². The molecule has 0 amide bonds. The van der Waals surface area contributed by atoms with Gasteiger partial charge in [-0.15, -0.1) is 11.3 Å². The summed E-state index contributed by atoms with van der Waals surface area (Å²) in [5.41, 5.74) is 1.08. The quantitative estimate of drug-likeness (QED) is 0.887. The molecule has 2 aromatic rings. The van der Waals surface area contributed by atoms with E-state index in [1.54, 1.807) is 17.6 Å². The molecule has 0 saturated carbocycles. The van der Waals surface area contributed by atoms with Crippen LogP contribution in [0.5, 0.6) is 0 Å². The predicted molar refractivity (Wildman–Crippen MR) is 70.4 cm³/mol. The van der Waals surface area contributed by atoms with Crippen LogP contribution in [0, 0.1) is 0 Å². The van der Waals surface area contributed by atoms with Gasteiger partial charge in [0.15, 0.2) is 5.13 Å². The largest absolute Gasteiger partial charge is 0.467 e. The average molecular weight is 251 g/mol. The average Bonchev–Trinajstić information content (AvgIpc) is 2.98. The highest BCUT2D eigenvalue weighted by molar-refractivity contribution is 7.13. The Hall–Kier alpha value is -1.33. The molecule has 0 saturated heterocycles. The van der Waals surface area contributed by atoms with Crippen LogP contribution < -0.4 is 10.2 Å². The van der Waals surface area contributed by atoms with Crippen molar-refractivity contribution in [2.45, 2.75) is 19.5 Å². The van der Waals surface area contributed by atoms with Gasteiger partial charge < -0.3 is 14.6 Å². The lowest BCUT2D eigenvalue weighted by molar-refractivity contribution is 0.507. The van der Waals surface area contributed by atoms with Crippen molar-refractivity contribution in [1.29, 1.82) is 0 Å². The molecule has 0 aliphatic heterocycles. The van der Waals surface area contributed by atoms with Crippen molar-refractivity contribution in [3.05, 3.63) is 35.2 Å². The summed E-state index contributed by atoms with van der Waals surface area (Å²) in [6, 6.07) is 4.16. The molecular formula is C12H17N3OS. The minimum atomic E-state index is 0.289. The molecule has 92 valence electrons. The zero-order valence-corrected chi connectivity index (χ0v) is 11.1. The molecule has 1 N–H and O–H groups in total. The Morgan fingerprint density at radius 3 is 3.06 bits per heavy atom. The Balaban J connectivity index is 2.04. The van der Waals surface area contributed by atoms with Crippen LogP contribution in [-0.2, 0) is 6.54 Å². The molecule has 2 heterocycles. The molecule has 0 aliphatic carbocycles. The number of rotatable bonds is 5. The smallest absolute Gasteiger partial charge is 0.185 e. The van der Waals surface area contributed by atoms with E-state index >= 15 is 0 Å². The van der Waals surface area contributed by atoms with Gasteiger partial charge in [-0.2, -0.15) is 0 Å². The maximum atomic E-state index is 5.32. The number of anilines is 1. The fourth-order valence-electron chi connectivity index (χ4n) is 1.50. The second-order valence-electron chi connectivity index (χ2n) is 4.00. The van der Waals surface area contributed by atoms with Crippen molar-refractivity contribution >= 4 is 16.5 Å². The molecule has 1 unspecified atom stereocenters. The van der Waals surface area contributed by atoms with Gasteiger partial charge in [0.25, 0.3) is 0 Å². The van der Waals surface area contributed by atoms with Crippen LogP contribution in [0.4, 0.5) is 5.13 Å². The molecule has 0 radical (unpaired) electrons. The number of furan rings is 1. The summed E-state index contributed by atoms with van der Waals surface area (Å²) in [6.45, 7) is 2.85. The van der Waals surface area contributed by atoms with E-state index in [0.29, 0.717) is 0 Å². The van der Waals surface area contributed by atoms with Crippen molar-refractivity contribution in [3.63, 3.8) is 0 Å². The molecule has 0 bridgehead atoms. The predicted octanol–water partition coefficient (Wildman–Crippen LogP) is 2.65. The van der Waals surface area contributed by atoms with Gasteiger partial charge in [0.05, 0.1) is 18.5 Å². The van der Waals surface area contributed by atoms with Crippen molar-refractivity contribution in [1.82, 2.24) is 10.3 Å². The van der Waals surface area contributed by atoms with E-state index in [4.69, 9.17) is 4.42 Å². The summed E-state index contributed by atoms with van der Waals surface area (Å²) in [7, 11) is 3.96. The van der Waals surface area contributed by atoms with Crippen molar-refractivity contribution in [3.8, 4) is 0 Å². The first-order chi connectivity index (χ1) is 8.20. The van der Waals surface area contributed by atoms with Gasteiger partial charge in [0, 0.05) is 18.5 Å². The Bertz CT molecular complexity index is 452. The fourth-order valence-corrected chi connectivity index (χ4v) is 2.39. The third-order valence-corrected chi connectivity index (χ3v) is 3.66. The maximum absolute atomic E-state index is 5.32. The highest BCUT2D eigenvalue weighted by Gasteiger charge is 2.11. The fraction of sp³-hybridized carbons (Fsp3) is 0.417. The third-order valence-electron chi connectivity index (χ3n) is 2.69. The topological polar surface area (TPSA) is 41.3 Å². The van der Waals surface area contributed by atoms with Gasteiger partial charge in [-0.05, 0) is 26.1 Å². The molecular weight excluding hydrogens is 234 g/mol. The Morgan fingerprint density at radius 1 is 1.59 bits per heavy atom. The van der Waals surface area contributed by atoms with Crippen LogP contribution in [0.25, 0.3) is 0 Å². The second kappa shape index (κ2) is 5.33. The van der Waals surface area contributed by atoms with E-state index in [1.807, 2.05) is 26.2 Å². The number of nitrogens with one attached hydrogen (secondary N) is 1. The normalized spacial score (nSPS) is 12.6. The van der Waals surface area contributed by atoms with E-state index in [-0.39, 0.29) is 6.04 Å².